The minimum absolute atomic E-state index is 0.00954. The van der Waals surface area contributed by atoms with Crippen molar-refractivity contribution in [2.75, 3.05) is 13.2 Å². The van der Waals surface area contributed by atoms with Gasteiger partial charge in [0.2, 0.25) is 5.91 Å². The van der Waals surface area contributed by atoms with Crippen LogP contribution in [0.25, 0.3) is 11.1 Å². The summed E-state index contributed by atoms with van der Waals surface area (Å²) in [6.45, 7) is 1.48. The molecule has 0 radical (unpaired) electrons. The molecular weight excluding hydrogens is 364 g/mol. The van der Waals surface area contributed by atoms with E-state index in [2.05, 4.69) is 0 Å². The lowest BCUT2D eigenvalue weighted by atomic mass is 10.0. The average Bonchev–Trinajstić information content (AvgIpc) is 3.05. The third kappa shape index (κ3) is 3.78. The number of phenolic OH excluding ortho intramolecular Hbond substituents is 1. The molecule has 0 aliphatic carbocycles. The fraction of sp³-hybridized carbons (Fsp3) is 0.190. The number of halogens is 1. The lowest BCUT2D eigenvalue weighted by Crippen LogP contribution is -2.34. The van der Waals surface area contributed by atoms with Gasteiger partial charge in [0.05, 0.1) is 6.54 Å². The highest BCUT2D eigenvalue weighted by molar-refractivity contribution is 6.30. The number of ether oxygens (including phenoxy) is 1. The predicted octanol–water partition coefficient (Wildman–Crippen LogP) is 3.94. The number of carbonyl (C=O) groups is 1. The molecule has 27 heavy (non-hydrogen) atoms. The van der Waals surface area contributed by atoms with Gasteiger partial charge in [0.15, 0.2) is 11.5 Å². The van der Waals surface area contributed by atoms with Crippen molar-refractivity contribution >= 4 is 17.5 Å². The SMILES string of the molecule is O=C(Cn1cccc1)N1CCOc2c(O)cc(-c3cccc(Cl)c3)cc2C1. The second kappa shape index (κ2) is 7.37. The van der Waals surface area contributed by atoms with Crippen LogP contribution in [-0.4, -0.2) is 33.6 Å². The largest absolute Gasteiger partial charge is 0.504 e. The molecule has 1 amide bonds. The summed E-state index contributed by atoms with van der Waals surface area (Å²) in [5, 5.41) is 11.1. The zero-order chi connectivity index (χ0) is 18.8. The summed E-state index contributed by atoms with van der Waals surface area (Å²) < 4.78 is 7.57. The topological polar surface area (TPSA) is 54.7 Å². The number of fused-ring (bicyclic) bond motifs is 1. The first-order valence-electron chi connectivity index (χ1n) is 8.73. The molecule has 0 bridgehead atoms. The molecule has 1 N–H and O–H groups in total. The van der Waals surface area contributed by atoms with E-state index in [0.717, 1.165) is 16.7 Å². The summed E-state index contributed by atoms with van der Waals surface area (Å²) in [6.07, 6.45) is 3.73. The zero-order valence-electron chi connectivity index (χ0n) is 14.6. The third-order valence-corrected chi connectivity index (χ3v) is 4.84. The predicted molar refractivity (Wildman–Crippen MR) is 104 cm³/mol. The van der Waals surface area contributed by atoms with Gasteiger partial charge in [-0.05, 0) is 47.5 Å². The Balaban J connectivity index is 1.63. The number of benzene rings is 2. The van der Waals surface area contributed by atoms with Crippen LogP contribution in [0.5, 0.6) is 11.5 Å². The highest BCUT2D eigenvalue weighted by Crippen LogP contribution is 2.38. The molecule has 0 fully saturated rings. The second-order valence-corrected chi connectivity index (χ2v) is 6.95. The number of rotatable bonds is 3. The molecule has 2 aromatic carbocycles. The third-order valence-electron chi connectivity index (χ3n) is 4.61. The lowest BCUT2D eigenvalue weighted by Gasteiger charge is -2.20. The Morgan fingerprint density at radius 3 is 2.70 bits per heavy atom. The normalized spacial score (nSPS) is 13.6. The van der Waals surface area contributed by atoms with Gasteiger partial charge >= 0.3 is 0 Å². The van der Waals surface area contributed by atoms with Crippen LogP contribution in [0.3, 0.4) is 0 Å². The number of amides is 1. The molecule has 1 aliphatic heterocycles. The summed E-state index contributed by atoms with van der Waals surface area (Å²) in [5.41, 5.74) is 2.51. The molecule has 138 valence electrons. The van der Waals surface area contributed by atoms with Crippen LogP contribution in [0.2, 0.25) is 5.02 Å². The molecule has 1 aromatic heterocycles. The smallest absolute Gasteiger partial charge is 0.242 e. The fourth-order valence-corrected chi connectivity index (χ4v) is 3.47. The average molecular weight is 383 g/mol. The molecule has 0 saturated carbocycles. The highest BCUT2D eigenvalue weighted by Gasteiger charge is 2.23. The minimum Gasteiger partial charge on any atom is -0.504 e. The summed E-state index contributed by atoms with van der Waals surface area (Å²) in [4.78, 5) is 14.4. The van der Waals surface area contributed by atoms with Crippen molar-refractivity contribution in [2.45, 2.75) is 13.1 Å². The Labute approximate surface area is 162 Å². The minimum atomic E-state index is 0.00954. The maximum atomic E-state index is 12.7. The van der Waals surface area contributed by atoms with E-state index < -0.39 is 0 Å². The number of carbonyl (C=O) groups excluding carboxylic acids is 1. The maximum Gasteiger partial charge on any atom is 0.242 e. The molecule has 5 nitrogen and oxygen atoms in total. The number of phenols is 1. The van der Waals surface area contributed by atoms with Crippen LogP contribution in [0, 0.1) is 0 Å². The molecule has 6 heteroatoms. The number of hydrogen-bond donors (Lipinski definition) is 1. The van der Waals surface area contributed by atoms with Gasteiger partial charge in [-0.1, -0.05) is 23.7 Å². The van der Waals surface area contributed by atoms with Gasteiger partial charge in [-0.3, -0.25) is 4.79 Å². The van der Waals surface area contributed by atoms with Crippen LogP contribution < -0.4 is 4.74 Å². The van der Waals surface area contributed by atoms with E-state index >= 15 is 0 Å². The van der Waals surface area contributed by atoms with E-state index in [1.807, 2.05) is 53.4 Å². The quantitative estimate of drug-likeness (QED) is 0.746. The second-order valence-electron chi connectivity index (χ2n) is 6.51. The van der Waals surface area contributed by atoms with Crippen LogP contribution in [0.15, 0.2) is 60.9 Å². The molecule has 4 rings (SSSR count). The number of aromatic nitrogens is 1. The molecule has 0 unspecified atom stereocenters. The fourth-order valence-electron chi connectivity index (χ4n) is 3.28. The maximum absolute atomic E-state index is 12.7. The molecule has 0 saturated heterocycles. The van der Waals surface area contributed by atoms with Crippen LogP contribution >= 0.6 is 11.6 Å². The molecule has 1 aliphatic rings. The van der Waals surface area contributed by atoms with Gasteiger partial charge in [-0.15, -0.1) is 0 Å². The van der Waals surface area contributed by atoms with Gasteiger partial charge in [-0.25, -0.2) is 0 Å². The number of hydrogen-bond acceptors (Lipinski definition) is 3. The van der Waals surface area contributed by atoms with Crippen LogP contribution in [0.1, 0.15) is 5.56 Å². The van der Waals surface area contributed by atoms with Gasteiger partial charge < -0.3 is 19.3 Å². The molecule has 3 aromatic rings. The van der Waals surface area contributed by atoms with E-state index in [1.54, 1.807) is 17.0 Å². The summed E-state index contributed by atoms with van der Waals surface area (Å²) in [5.74, 6) is 0.523. The first kappa shape index (κ1) is 17.5. The van der Waals surface area contributed by atoms with E-state index in [0.29, 0.717) is 30.5 Å². The Hall–Kier alpha value is -2.92. The summed E-state index contributed by atoms with van der Waals surface area (Å²) in [7, 11) is 0. The van der Waals surface area contributed by atoms with Crippen molar-refractivity contribution in [2.24, 2.45) is 0 Å². The van der Waals surface area contributed by atoms with Crippen molar-refractivity contribution < 1.29 is 14.6 Å². The summed E-state index contributed by atoms with van der Waals surface area (Å²) in [6, 6.07) is 14.8. The number of aromatic hydroxyl groups is 1. The molecular formula is C21H19ClN2O3. The zero-order valence-corrected chi connectivity index (χ0v) is 15.4. The molecule has 2 heterocycles. The van der Waals surface area contributed by atoms with Gasteiger partial charge in [0, 0.05) is 29.5 Å². The van der Waals surface area contributed by atoms with Crippen LogP contribution in [0.4, 0.5) is 0 Å². The van der Waals surface area contributed by atoms with E-state index in [4.69, 9.17) is 16.3 Å². The summed E-state index contributed by atoms with van der Waals surface area (Å²) >= 11 is 6.09. The van der Waals surface area contributed by atoms with Crippen molar-refractivity contribution in [3.05, 3.63) is 71.5 Å². The Bertz CT molecular complexity index is 970. The van der Waals surface area contributed by atoms with Crippen molar-refractivity contribution in [1.29, 1.82) is 0 Å². The van der Waals surface area contributed by atoms with E-state index in [1.165, 1.54) is 0 Å². The first-order chi connectivity index (χ1) is 13.1. The van der Waals surface area contributed by atoms with Gasteiger partial charge in [0.25, 0.3) is 0 Å². The standard InChI is InChI=1S/C21H19ClN2O3/c22-18-5-3-4-15(11-18)16-10-17-13-24(8-9-27-21(17)19(25)12-16)20(26)14-23-6-1-2-7-23/h1-7,10-12,25H,8-9,13-14H2. The first-order valence-corrected chi connectivity index (χ1v) is 9.11. The monoisotopic (exact) mass is 382 g/mol. The highest BCUT2D eigenvalue weighted by atomic mass is 35.5. The van der Waals surface area contributed by atoms with Crippen molar-refractivity contribution in [3.8, 4) is 22.6 Å². The molecule has 0 spiro atoms. The Morgan fingerprint density at radius 2 is 1.93 bits per heavy atom. The van der Waals surface area contributed by atoms with E-state index in [-0.39, 0.29) is 18.2 Å². The van der Waals surface area contributed by atoms with Crippen molar-refractivity contribution in [3.63, 3.8) is 0 Å². The van der Waals surface area contributed by atoms with Crippen LogP contribution in [-0.2, 0) is 17.9 Å². The van der Waals surface area contributed by atoms with Crippen molar-refractivity contribution in [1.82, 2.24) is 9.47 Å². The number of nitrogens with zero attached hydrogens (tertiary/aromatic N) is 2. The van der Waals surface area contributed by atoms with Gasteiger partial charge in [-0.2, -0.15) is 0 Å². The molecule has 0 atom stereocenters. The van der Waals surface area contributed by atoms with E-state index in [9.17, 15) is 9.90 Å². The Morgan fingerprint density at radius 1 is 1.11 bits per heavy atom. The lowest BCUT2D eigenvalue weighted by molar-refractivity contribution is -0.132. The van der Waals surface area contributed by atoms with Gasteiger partial charge in [0.1, 0.15) is 13.2 Å². The Kier molecular flexibility index (Phi) is 4.77.